The molecule has 2 N–H and O–H groups in total. The minimum atomic E-state index is -0.0656. The first-order chi connectivity index (χ1) is 11.2. The van der Waals surface area contributed by atoms with Crippen LogP contribution in [0, 0.1) is 31.1 Å². The molecule has 1 aliphatic rings. The molecule has 1 heterocycles. The van der Waals surface area contributed by atoms with Gasteiger partial charge in [0.2, 0.25) is 5.91 Å². The molecule has 0 saturated carbocycles. The van der Waals surface area contributed by atoms with Crippen LogP contribution in [0.4, 0.5) is 0 Å². The molecule has 0 bridgehead atoms. The van der Waals surface area contributed by atoms with Gasteiger partial charge in [-0.3, -0.25) is 4.79 Å². The first kappa shape index (κ1) is 21.8. The lowest BCUT2D eigenvalue weighted by molar-refractivity contribution is -0.128. The second-order valence-corrected chi connectivity index (χ2v) is 8.17. The van der Waals surface area contributed by atoms with E-state index in [2.05, 4.69) is 57.4 Å². The van der Waals surface area contributed by atoms with E-state index in [1.54, 1.807) is 0 Å². The molecule has 5 heteroatoms. The number of nitrogens with one attached hydrogen (secondary N) is 2. The monoisotopic (exact) mass is 368 g/mol. The molecule has 0 aromatic heterocycles. The summed E-state index contributed by atoms with van der Waals surface area (Å²) in [4.78, 5) is 12.6. The lowest BCUT2D eigenvalue weighted by Crippen LogP contribution is -2.54. The largest absolute Gasteiger partial charge is 0.491 e. The van der Waals surface area contributed by atoms with Crippen molar-refractivity contribution in [2.45, 2.75) is 47.6 Å². The highest BCUT2D eigenvalue weighted by Gasteiger charge is 2.33. The van der Waals surface area contributed by atoms with Crippen molar-refractivity contribution in [3.63, 3.8) is 0 Å². The first-order valence-electron chi connectivity index (χ1n) is 8.90. The SMILES string of the molecule is Cc1cccc(C)c1OCC(NC(=O)C(C)C1CNC1)C(C)(C)C.Cl. The van der Waals surface area contributed by atoms with Gasteiger partial charge in [0.25, 0.3) is 0 Å². The highest BCUT2D eigenvalue weighted by molar-refractivity contribution is 5.85. The summed E-state index contributed by atoms with van der Waals surface area (Å²) < 4.78 is 6.11. The van der Waals surface area contributed by atoms with E-state index in [9.17, 15) is 4.79 Å². The summed E-state index contributed by atoms with van der Waals surface area (Å²) in [5.74, 6) is 1.55. The second-order valence-electron chi connectivity index (χ2n) is 8.17. The van der Waals surface area contributed by atoms with Crippen molar-refractivity contribution in [1.29, 1.82) is 0 Å². The molecule has 2 unspecified atom stereocenters. The Balaban J connectivity index is 0.00000312. The van der Waals surface area contributed by atoms with Gasteiger partial charge in [0.05, 0.1) is 6.04 Å². The van der Waals surface area contributed by atoms with Crippen molar-refractivity contribution in [3.8, 4) is 5.75 Å². The van der Waals surface area contributed by atoms with Gasteiger partial charge in [0, 0.05) is 5.92 Å². The molecule has 2 rings (SSSR count). The zero-order chi connectivity index (χ0) is 17.9. The van der Waals surface area contributed by atoms with Crippen molar-refractivity contribution in [2.75, 3.05) is 19.7 Å². The molecule has 142 valence electrons. The van der Waals surface area contributed by atoms with Crippen LogP contribution in [0.15, 0.2) is 18.2 Å². The smallest absolute Gasteiger partial charge is 0.223 e. The average molecular weight is 369 g/mol. The molecule has 0 radical (unpaired) electrons. The molecule has 1 saturated heterocycles. The van der Waals surface area contributed by atoms with Crippen molar-refractivity contribution < 1.29 is 9.53 Å². The van der Waals surface area contributed by atoms with Crippen molar-refractivity contribution >= 4 is 18.3 Å². The van der Waals surface area contributed by atoms with Crippen LogP contribution in [0.5, 0.6) is 5.75 Å². The van der Waals surface area contributed by atoms with E-state index in [1.807, 2.05) is 13.0 Å². The Morgan fingerprint density at radius 3 is 2.28 bits per heavy atom. The minimum absolute atomic E-state index is 0. The quantitative estimate of drug-likeness (QED) is 0.808. The lowest BCUT2D eigenvalue weighted by atomic mass is 9.84. The molecule has 4 nitrogen and oxygen atoms in total. The molecule has 1 fully saturated rings. The van der Waals surface area contributed by atoms with Gasteiger partial charge in [-0.15, -0.1) is 12.4 Å². The Bertz CT molecular complexity index is 559. The van der Waals surface area contributed by atoms with Gasteiger partial charge in [-0.25, -0.2) is 0 Å². The summed E-state index contributed by atoms with van der Waals surface area (Å²) in [6.07, 6.45) is 0. The Labute approximate surface area is 158 Å². The maximum Gasteiger partial charge on any atom is 0.223 e. The second kappa shape index (κ2) is 8.91. The van der Waals surface area contributed by atoms with Crippen LogP contribution in [-0.4, -0.2) is 31.6 Å². The van der Waals surface area contributed by atoms with Gasteiger partial charge in [-0.05, 0) is 49.4 Å². The van der Waals surface area contributed by atoms with Gasteiger partial charge in [-0.1, -0.05) is 45.9 Å². The maximum absolute atomic E-state index is 12.6. The van der Waals surface area contributed by atoms with Crippen LogP contribution < -0.4 is 15.4 Å². The molecule has 1 aromatic rings. The van der Waals surface area contributed by atoms with E-state index in [0.29, 0.717) is 12.5 Å². The number of para-hydroxylation sites is 1. The number of halogens is 1. The van der Waals surface area contributed by atoms with Crippen LogP contribution in [0.1, 0.15) is 38.8 Å². The Kier molecular flexibility index (Phi) is 7.76. The zero-order valence-electron chi connectivity index (χ0n) is 16.3. The van der Waals surface area contributed by atoms with E-state index in [4.69, 9.17) is 4.74 Å². The normalized spacial score (nSPS) is 17.0. The zero-order valence-corrected chi connectivity index (χ0v) is 17.1. The molecule has 1 aliphatic heterocycles. The van der Waals surface area contributed by atoms with Gasteiger partial charge in [0.15, 0.2) is 0 Å². The van der Waals surface area contributed by atoms with Crippen molar-refractivity contribution in [1.82, 2.24) is 10.6 Å². The molecular formula is C20H33ClN2O2. The molecule has 0 spiro atoms. The number of ether oxygens (including phenoxy) is 1. The number of aryl methyl sites for hydroxylation is 2. The Morgan fingerprint density at radius 1 is 1.28 bits per heavy atom. The predicted molar refractivity (Wildman–Crippen MR) is 106 cm³/mol. The topological polar surface area (TPSA) is 50.4 Å². The predicted octanol–water partition coefficient (Wildman–Crippen LogP) is 3.49. The summed E-state index contributed by atoms with van der Waals surface area (Å²) in [5.41, 5.74) is 2.19. The number of hydrogen-bond acceptors (Lipinski definition) is 3. The summed E-state index contributed by atoms with van der Waals surface area (Å²) in [7, 11) is 0. The number of benzene rings is 1. The van der Waals surface area contributed by atoms with E-state index < -0.39 is 0 Å². The number of amides is 1. The highest BCUT2D eigenvalue weighted by atomic mass is 35.5. The Hall–Kier alpha value is -1.26. The first-order valence-corrected chi connectivity index (χ1v) is 8.90. The van der Waals surface area contributed by atoms with Crippen LogP contribution in [0.2, 0.25) is 0 Å². The average Bonchev–Trinajstić information content (AvgIpc) is 2.42. The van der Waals surface area contributed by atoms with E-state index in [1.165, 1.54) is 0 Å². The molecule has 25 heavy (non-hydrogen) atoms. The molecule has 0 aliphatic carbocycles. The number of carbonyl (C=O) groups is 1. The maximum atomic E-state index is 12.6. The number of hydrogen-bond donors (Lipinski definition) is 2. The Morgan fingerprint density at radius 2 is 1.84 bits per heavy atom. The number of rotatable bonds is 6. The van der Waals surface area contributed by atoms with Crippen molar-refractivity contribution in [3.05, 3.63) is 29.3 Å². The molecule has 1 aromatic carbocycles. The summed E-state index contributed by atoms with van der Waals surface area (Å²) in [5, 5.41) is 6.46. The molecule has 1 amide bonds. The van der Waals surface area contributed by atoms with E-state index in [-0.39, 0.29) is 35.7 Å². The summed E-state index contributed by atoms with van der Waals surface area (Å²) in [6.45, 7) is 14.9. The molecule has 2 atom stereocenters. The number of carbonyl (C=O) groups excluding carboxylic acids is 1. The van der Waals surface area contributed by atoms with Gasteiger partial charge < -0.3 is 15.4 Å². The van der Waals surface area contributed by atoms with Crippen LogP contribution in [0.25, 0.3) is 0 Å². The van der Waals surface area contributed by atoms with Gasteiger partial charge in [0.1, 0.15) is 12.4 Å². The summed E-state index contributed by atoms with van der Waals surface area (Å²) in [6, 6.07) is 6.12. The van der Waals surface area contributed by atoms with E-state index in [0.717, 1.165) is 30.0 Å². The minimum Gasteiger partial charge on any atom is -0.491 e. The fourth-order valence-electron chi connectivity index (χ4n) is 2.88. The van der Waals surface area contributed by atoms with Gasteiger partial charge in [-0.2, -0.15) is 0 Å². The van der Waals surface area contributed by atoms with Crippen molar-refractivity contribution in [2.24, 2.45) is 17.3 Å². The third kappa shape index (κ3) is 5.61. The third-order valence-electron chi connectivity index (χ3n) is 5.10. The van der Waals surface area contributed by atoms with Crippen LogP contribution in [0.3, 0.4) is 0 Å². The van der Waals surface area contributed by atoms with Crippen LogP contribution >= 0.6 is 12.4 Å². The fourth-order valence-corrected chi connectivity index (χ4v) is 2.88. The summed E-state index contributed by atoms with van der Waals surface area (Å²) >= 11 is 0. The van der Waals surface area contributed by atoms with Crippen LogP contribution in [-0.2, 0) is 4.79 Å². The van der Waals surface area contributed by atoms with E-state index >= 15 is 0 Å². The molecular weight excluding hydrogens is 336 g/mol. The standard InChI is InChI=1S/C20H32N2O2.ClH/c1-13-8-7-9-14(2)18(13)24-12-17(20(4,5)6)22-19(23)15(3)16-10-21-11-16;/h7-9,15-17,21H,10-12H2,1-6H3,(H,22,23);1H. The highest BCUT2D eigenvalue weighted by Crippen LogP contribution is 2.26. The fraction of sp³-hybridized carbons (Fsp3) is 0.650. The van der Waals surface area contributed by atoms with Gasteiger partial charge >= 0.3 is 0 Å². The lowest BCUT2D eigenvalue weighted by Gasteiger charge is -2.36. The third-order valence-corrected chi connectivity index (χ3v) is 5.10.